The highest BCUT2D eigenvalue weighted by Crippen LogP contribution is 2.43. The van der Waals surface area contributed by atoms with E-state index in [0.29, 0.717) is 37.8 Å². The summed E-state index contributed by atoms with van der Waals surface area (Å²) in [5, 5.41) is 2.95. The van der Waals surface area contributed by atoms with Gasteiger partial charge in [0.25, 0.3) is 5.91 Å². The summed E-state index contributed by atoms with van der Waals surface area (Å²) in [7, 11) is 0. The first-order valence-corrected chi connectivity index (χ1v) is 13.2. The van der Waals surface area contributed by atoms with Gasteiger partial charge < -0.3 is 10.2 Å². The van der Waals surface area contributed by atoms with Crippen molar-refractivity contribution in [2.75, 3.05) is 32.7 Å². The van der Waals surface area contributed by atoms with E-state index in [1.54, 1.807) is 4.90 Å². The fourth-order valence-corrected chi connectivity index (χ4v) is 5.79. The molecule has 35 heavy (non-hydrogen) atoms. The van der Waals surface area contributed by atoms with Crippen LogP contribution in [0, 0.1) is 11.3 Å². The van der Waals surface area contributed by atoms with Crippen LogP contribution in [0.3, 0.4) is 0 Å². The van der Waals surface area contributed by atoms with Gasteiger partial charge in [-0.3, -0.25) is 19.4 Å². The zero-order valence-corrected chi connectivity index (χ0v) is 22.1. The Hall–Kier alpha value is -2.41. The number of benzene rings is 1. The van der Waals surface area contributed by atoms with Gasteiger partial charge in [0, 0.05) is 32.7 Å². The number of imide groups is 1. The molecule has 4 amide bonds. The van der Waals surface area contributed by atoms with Crippen molar-refractivity contribution in [3.8, 4) is 0 Å². The molecular formula is C28H42N4O3. The lowest BCUT2D eigenvalue weighted by Crippen LogP contribution is -2.52. The van der Waals surface area contributed by atoms with E-state index in [2.05, 4.69) is 69.1 Å². The second-order valence-electron chi connectivity index (χ2n) is 12.1. The minimum absolute atomic E-state index is 0.144. The Kier molecular flexibility index (Phi) is 7.28. The number of carbonyl (C=O) groups is 3. The van der Waals surface area contributed by atoms with Crippen LogP contribution < -0.4 is 5.32 Å². The van der Waals surface area contributed by atoms with Crippen molar-refractivity contribution in [2.45, 2.75) is 78.3 Å². The summed E-state index contributed by atoms with van der Waals surface area (Å²) in [5.74, 6) is 0.705. The van der Waals surface area contributed by atoms with Crippen LogP contribution in [0.25, 0.3) is 0 Å². The van der Waals surface area contributed by atoms with Crippen LogP contribution in [0.15, 0.2) is 24.3 Å². The predicted octanol–water partition coefficient (Wildman–Crippen LogP) is 3.98. The minimum atomic E-state index is -0.817. The molecule has 7 nitrogen and oxygen atoms in total. The van der Waals surface area contributed by atoms with E-state index in [1.165, 1.54) is 11.1 Å². The average Bonchev–Trinajstić information content (AvgIpc) is 3.03. The van der Waals surface area contributed by atoms with Gasteiger partial charge in [-0.05, 0) is 54.1 Å². The summed E-state index contributed by atoms with van der Waals surface area (Å²) in [6, 6.07) is 8.35. The van der Waals surface area contributed by atoms with E-state index < -0.39 is 11.6 Å². The Bertz CT molecular complexity index is 934. The Balaban J connectivity index is 1.27. The van der Waals surface area contributed by atoms with Gasteiger partial charge in [-0.15, -0.1) is 0 Å². The molecule has 1 saturated carbocycles. The zero-order valence-electron chi connectivity index (χ0n) is 22.1. The highest BCUT2D eigenvalue weighted by molar-refractivity contribution is 6.09. The number of hydrogen-bond acceptors (Lipinski definition) is 4. The molecule has 2 heterocycles. The largest absolute Gasteiger partial charge is 0.339 e. The van der Waals surface area contributed by atoms with Gasteiger partial charge in [-0.2, -0.15) is 0 Å². The fraction of sp³-hybridized carbons (Fsp3) is 0.679. The van der Waals surface area contributed by atoms with E-state index in [0.717, 1.165) is 37.4 Å². The minimum Gasteiger partial charge on any atom is -0.339 e. The van der Waals surface area contributed by atoms with Crippen LogP contribution in [0.1, 0.15) is 77.3 Å². The van der Waals surface area contributed by atoms with Gasteiger partial charge in [-0.25, -0.2) is 4.79 Å². The van der Waals surface area contributed by atoms with Gasteiger partial charge >= 0.3 is 6.03 Å². The fourth-order valence-electron chi connectivity index (χ4n) is 5.79. The molecule has 0 unspecified atom stereocenters. The van der Waals surface area contributed by atoms with Gasteiger partial charge in [0.1, 0.15) is 12.1 Å². The Morgan fingerprint density at radius 2 is 1.63 bits per heavy atom. The SMILES string of the molecule is CC(C)c1ccc(CN2CCN(C(=O)CN3C(=O)NC4(CCC(C(C)(C)C)CC4)C3=O)CC2)cc1. The van der Waals surface area contributed by atoms with Gasteiger partial charge in [0.15, 0.2) is 0 Å². The van der Waals surface area contributed by atoms with Crippen molar-refractivity contribution in [1.82, 2.24) is 20.0 Å². The van der Waals surface area contributed by atoms with Crippen LogP contribution in [0.5, 0.6) is 0 Å². The lowest BCUT2D eigenvalue weighted by molar-refractivity contribution is -0.140. The smallest absolute Gasteiger partial charge is 0.325 e. The standard InChI is InChI=1S/C28H42N4O3/c1-20(2)22-8-6-21(7-9-22)18-30-14-16-31(17-15-30)24(33)19-32-25(34)28(29-26(32)35)12-10-23(11-13-28)27(3,4)5/h6-9,20,23H,10-19H2,1-5H3,(H,29,35). The molecule has 3 aliphatic rings. The molecule has 0 radical (unpaired) electrons. The lowest BCUT2D eigenvalue weighted by atomic mass is 9.67. The second-order valence-corrected chi connectivity index (χ2v) is 12.1. The number of urea groups is 1. The first kappa shape index (κ1) is 25.7. The summed E-state index contributed by atoms with van der Waals surface area (Å²) in [5.41, 5.74) is 2.00. The number of rotatable bonds is 5. The quantitative estimate of drug-likeness (QED) is 0.645. The molecule has 192 valence electrons. The van der Waals surface area contributed by atoms with E-state index in [9.17, 15) is 14.4 Å². The molecule has 2 aliphatic heterocycles. The second kappa shape index (κ2) is 9.92. The third kappa shape index (κ3) is 5.55. The number of amides is 4. The number of nitrogens with zero attached hydrogens (tertiary/aromatic N) is 3. The van der Waals surface area contributed by atoms with Gasteiger partial charge in [-0.1, -0.05) is 58.9 Å². The normalized spacial score (nSPS) is 26.1. The molecule has 0 bridgehead atoms. The molecule has 1 aromatic rings. The monoisotopic (exact) mass is 482 g/mol. The van der Waals surface area contributed by atoms with Crippen LogP contribution in [0.2, 0.25) is 0 Å². The highest BCUT2D eigenvalue weighted by atomic mass is 16.2. The summed E-state index contributed by atoms with van der Waals surface area (Å²) in [6.45, 7) is 14.6. The summed E-state index contributed by atoms with van der Waals surface area (Å²) < 4.78 is 0. The molecular weight excluding hydrogens is 440 g/mol. The highest BCUT2D eigenvalue weighted by Gasteiger charge is 2.53. The topological polar surface area (TPSA) is 73.0 Å². The molecule has 0 aromatic heterocycles. The van der Waals surface area contributed by atoms with E-state index >= 15 is 0 Å². The van der Waals surface area contributed by atoms with Crippen LogP contribution in [-0.2, 0) is 16.1 Å². The van der Waals surface area contributed by atoms with E-state index in [4.69, 9.17) is 0 Å². The van der Waals surface area contributed by atoms with Crippen molar-refractivity contribution in [2.24, 2.45) is 11.3 Å². The summed E-state index contributed by atoms with van der Waals surface area (Å²) in [4.78, 5) is 44.2. The van der Waals surface area contributed by atoms with E-state index in [1.807, 2.05) is 0 Å². The molecule has 2 saturated heterocycles. The molecule has 1 aliphatic carbocycles. The van der Waals surface area contributed by atoms with Crippen LogP contribution in [0.4, 0.5) is 4.79 Å². The zero-order chi connectivity index (χ0) is 25.4. The maximum Gasteiger partial charge on any atom is 0.325 e. The van der Waals surface area contributed by atoms with Crippen LogP contribution >= 0.6 is 0 Å². The maximum absolute atomic E-state index is 13.3. The number of piperazine rings is 1. The Morgan fingerprint density at radius 1 is 1.03 bits per heavy atom. The lowest BCUT2D eigenvalue weighted by Gasteiger charge is -2.40. The Labute approximate surface area is 210 Å². The Morgan fingerprint density at radius 3 is 2.17 bits per heavy atom. The molecule has 1 aromatic carbocycles. The van der Waals surface area contributed by atoms with Gasteiger partial charge in [0.05, 0.1) is 0 Å². The molecule has 1 N–H and O–H groups in total. The number of hydrogen-bond donors (Lipinski definition) is 1. The third-order valence-electron chi connectivity index (χ3n) is 8.38. The van der Waals surface area contributed by atoms with Gasteiger partial charge in [0.2, 0.25) is 5.91 Å². The van der Waals surface area contributed by atoms with E-state index in [-0.39, 0.29) is 23.8 Å². The molecule has 7 heteroatoms. The molecule has 1 spiro atoms. The van der Waals surface area contributed by atoms with Crippen molar-refractivity contribution >= 4 is 17.8 Å². The third-order valence-corrected chi connectivity index (χ3v) is 8.38. The number of nitrogens with one attached hydrogen (secondary N) is 1. The van der Waals surface area contributed by atoms with Crippen molar-refractivity contribution < 1.29 is 14.4 Å². The average molecular weight is 483 g/mol. The van der Waals surface area contributed by atoms with Crippen molar-refractivity contribution in [3.05, 3.63) is 35.4 Å². The molecule has 3 fully saturated rings. The summed E-state index contributed by atoms with van der Waals surface area (Å²) in [6.07, 6.45) is 3.14. The van der Waals surface area contributed by atoms with Crippen LogP contribution in [-0.4, -0.2) is 70.8 Å². The summed E-state index contributed by atoms with van der Waals surface area (Å²) >= 11 is 0. The first-order valence-electron chi connectivity index (χ1n) is 13.2. The molecule has 0 atom stereocenters. The maximum atomic E-state index is 13.3. The first-order chi connectivity index (χ1) is 16.5. The van der Waals surface area contributed by atoms with Crippen molar-refractivity contribution in [3.63, 3.8) is 0 Å². The number of carbonyl (C=O) groups excluding carboxylic acids is 3. The van der Waals surface area contributed by atoms with Crippen molar-refractivity contribution in [1.29, 1.82) is 0 Å². The molecule has 4 rings (SSSR count). The predicted molar refractivity (Wildman–Crippen MR) is 137 cm³/mol.